The zero-order valence-corrected chi connectivity index (χ0v) is 16.2. The Labute approximate surface area is 159 Å². The van der Waals surface area contributed by atoms with E-state index in [9.17, 15) is 4.79 Å². The van der Waals surface area contributed by atoms with Crippen LogP contribution >= 0.6 is 0 Å². The number of amides is 1. The largest absolute Gasteiger partial charge is 0.368 e. The van der Waals surface area contributed by atoms with Crippen LogP contribution in [0.1, 0.15) is 22.4 Å². The average molecular weight is 363 g/mol. The predicted molar refractivity (Wildman–Crippen MR) is 107 cm³/mol. The first-order chi connectivity index (χ1) is 13.0. The lowest BCUT2D eigenvalue weighted by Crippen LogP contribution is -2.49. The van der Waals surface area contributed by atoms with E-state index >= 15 is 0 Å². The van der Waals surface area contributed by atoms with Crippen LogP contribution in [0.15, 0.2) is 40.9 Å². The van der Waals surface area contributed by atoms with Gasteiger partial charge in [0.15, 0.2) is 5.58 Å². The summed E-state index contributed by atoms with van der Waals surface area (Å²) in [4.78, 5) is 17.1. The molecule has 0 N–H and O–H groups in total. The van der Waals surface area contributed by atoms with E-state index in [1.54, 1.807) is 0 Å². The molecule has 0 saturated carbocycles. The van der Waals surface area contributed by atoms with Crippen molar-refractivity contribution in [1.29, 1.82) is 0 Å². The normalized spacial score (nSPS) is 14.8. The van der Waals surface area contributed by atoms with Gasteiger partial charge in [-0.15, -0.1) is 0 Å². The second-order valence-electron chi connectivity index (χ2n) is 7.46. The number of hydrogen-bond donors (Lipinski definition) is 0. The van der Waals surface area contributed by atoms with E-state index in [0.29, 0.717) is 6.42 Å². The van der Waals surface area contributed by atoms with Crippen molar-refractivity contribution in [3.8, 4) is 0 Å². The van der Waals surface area contributed by atoms with Gasteiger partial charge in [-0.05, 0) is 44.5 Å². The molecule has 27 heavy (non-hydrogen) atoms. The number of carbonyl (C=O) groups is 1. The number of aryl methyl sites for hydroxylation is 3. The van der Waals surface area contributed by atoms with E-state index < -0.39 is 0 Å². The predicted octanol–water partition coefficient (Wildman–Crippen LogP) is 3.64. The van der Waals surface area contributed by atoms with Crippen molar-refractivity contribution in [2.75, 3.05) is 31.1 Å². The van der Waals surface area contributed by atoms with Crippen molar-refractivity contribution in [2.24, 2.45) is 0 Å². The Bertz CT molecular complexity index is 984. The summed E-state index contributed by atoms with van der Waals surface area (Å²) in [6.45, 7) is 9.48. The molecule has 0 aliphatic carbocycles. The Morgan fingerprint density at radius 1 is 1.00 bits per heavy atom. The summed E-state index contributed by atoms with van der Waals surface area (Å²) in [6, 6.07) is 12.5. The Morgan fingerprint density at radius 3 is 2.44 bits per heavy atom. The van der Waals surface area contributed by atoms with Crippen LogP contribution in [-0.4, -0.2) is 42.1 Å². The van der Waals surface area contributed by atoms with Crippen LogP contribution < -0.4 is 4.90 Å². The number of aromatic nitrogens is 1. The van der Waals surface area contributed by atoms with Gasteiger partial charge in [0, 0.05) is 37.3 Å². The zero-order valence-electron chi connectivity index (χ0n) is 16.2. The highest BCUT2D eigenvalue weighted by molar-refractivity contribution is 5.86. The van der Waals surface area contributed by atoms with Crippen molar-refractivity contribution < 1.29 is 9.32 Å². The Kier molecular flexibility index (Phi) is 4.60. The monoisotopic (exact) mass is 363 g/mol. The summed E-state index contributed by atoms with van der Waals surface area (Å²) in [6.07, 6.45) is 0.292. The highest BCUT2D eigenvalue weighted by Gasteiger charge is 2.23. The molecule has 4 rings (SSSR count). The molecular weight excluding hydrogens is 338 g/mol. The van der Waals surface area contributed by atoms with E-state index in [1.807, 2.05) is 30.0 Å². The van der Waals surface area contributed by atoms with Crippen LogP contribution in [0.25, 0.3) is 11.0 Å². The van der Waals surface area contributed by atoms with E-state index in [0.717, 1.165) is 48.4 Å². The minimum absolute atomic E-state index is 0.118. The van der Waals surface area contributed by atoms with Crippen LogP contribution in [-0.2, 0) is 11.2 Å². The van der Waals surface area contributed by atoms with Gasteiger partial charge in [-0.3, -0.25) is 4.79 Å². The van der Waals surface area contributed by atoms with Crippen LogP contribution in [0.2, 0.25) is 0 Å². The smallest absolute Gasteiger partial charge is 0.228 e. The molecule has 0 unspecified atom stereocenters. The van der Waals surface area contributed by atoms with Gasteiger partial charge in [0.2, 0.25) is 5.91 Å². The maximum Gasteiger partial charge on any atom is 0.228 e. The molecule has 1 amide bonds. The Morgan fingerprint density at radius 2 is 1.70 bits per heavy atom. The van der Waals surface area contributed by atoms with Crippen molar-refractivity contribution in [1.82, 2.24) is 10.1 Å². The van der Waals surface area contributed by atoms with Crippen LogP contribution in [0, 0.1) is 20.8 Å². The molecule has 0 bridgehead atoms. The summed E-state index contributed by atoms with van der Waals surface area (Å²) >= 11 is 0. The van der Waals surface area contributed by atoms with Crippen molar-refractivity contribution in [3.63, 3.8) is 0 Å². The topological polar surface area (TPSA) is 49.6 Å². The average Bonchev–Trinajstić information content (AvgIpc) is 3.04. The third-order valence-electron chi connectivity index (χ3n) is 5.34. The third-order valence-corrected chi connectivity index (χ3v) is 5.34. The quantitative estimate of drug-likeness (QED) is 0.713. The molecule has 1 saturated heterocycles. The minimum atomic E-state index is 0.118. The summed E-state index contributed by atoms with van der Waals surface area (Å²) < 4.78 is 5.36. The third kappa shape index (κ3) is 3.54. The van der Waals surface area contributed by atoms with Gasteiger partial charge in [0.05, 0.1) is 6.42 Å². The van der Waals surface area contributed by atoms with Gasteiger partial charge >= 0.3 is 0 Å². The maximum absolute atomic E-state index is 12.8. The molecule has 2 heterocycles. The second-order valence-corrected chi connectivity index (χ2v) is 7.46. The van der Waals surface area contributed by atoms with Crippen molar-refractivity contribution in [2.45, 2.75) is 27.2 Å². The van der Waals surface area contributed by atoms with Gasteiger partial charge in [-0.2, -0.15) is 0 Å². The molecule has 1 aromatic heterocycles. The Hall–Kier alpha value is -2.82. The van der Waals surface area contributed by atoms with Gasteiger partial charge in [-0.1, -0.05) is 34.5 Å². The highest BCUT2D eigenvalue weighted by Crippen LogP contribution is 2.24. The van der Waals surface area contributed by atoms with Gasteiger partial charge in [0.1, 0.15) is 5.69 Å². The molecule has 0 radical (unpaired) electrons. The van der Waals surface area contributed by atoms with Gasteiger partial charge < -0.3 is 14.3 Å². The van der Waals surface area contributed by atoms with Gasteiger partial charge in [0.25, 0.3) is 0 Å². The number of piperazine rings is 1. The highest BCUT2D eigenvalue weighted by atomic mass is 16.5. The minimum Gasteiger partial charge on any atom is -0.368 e. The molecule has 5 heteroatoms. The molecule has 5 nitrogen and oxygen atoms in total. The van der Waals surface area contributed by atoms with E-state index in [4.69, 9.17) is 4.52 Å². The van der Waals surface area contributed by atoms with Gasteiger partial charge in [-0.25, -0.2) is 0 Å². The summed E-state index contributed by atoms with van der Waals surface area (Å²) in [7, 11) is 0. The lowest BCUT2D eigenvalue weighted by Gasteiger charge is -2.36. The first-order valence-corrected chi connectivity index (χ1v) is 9.46. The van der Waals surface area contributed by atoms with E-state index in [1.165, 1.54) is 16.8 Å². The summed E-state index contributed by atoms with van der Waals surface area (Å²) in [5, 5.41) is 5.06. The second kappa shape index (κ2) is 7.06. The zero-order chi connectivity index (χ0) is 19.0. The standard InChI is InChI=1S/C22H25N3O2/c1-15-4-6-20(17(3)12-15)24-8-10-25(11-9-24)22(26)14-19-18-13-16(2)5-7-21(18)27-23-19/h4-7,12-13H,8-11,14H2,1-3H3. The van der Waals surface area contributed by atoms with Crippen LogP contribution in [0.3, 0.4) is 0 Å². The van der Waals surface area contributed by atoms with E-state index in [2.05, 4.69) is 42.1 Å². The van der Waals surface area contributed by atoms with Crippen LogP contribution in [0.5, 0.6) is 0 Å². The molecule has 1 aliphatic heterocycles. The Balaban J connectivity index is 1.41. The van der Waals surface area contributed by atoms with Crippen LogP contribution in [0.4, 0.5) is 5.69 Å². The number of benzene rings is 2. The maximum atomic E-state index is 12.8. The van der Waals surface area contributed by atoms with Crippen molar-refractivity contribution >= 4 is 22.6 Å². The summed E-state index contributed by atoms with van der Waals surface area (Å²) in [5.74, 6) is 0.118. The first-order valence-electron chi connectivity index (χ1n) is 9.46. The molecule has 2 aromatic carbocycles. The molecule has 3 aromatic rings. The number of nitrogens with zero attached hydrogens (tertiary/aromatic N) is 3. The number of hydrogen-bond acceptors (Lipinski definition) is 4. The number of anilines is 1. The molecule has 1 aliphatic rings. The van der Waals surface area contributed by atoms with Crippen molar-refractivity contribution in [3.05, 3.63) is 58.8 Å². The fourth-order valence-electron chi connectivity index (χ4n) is 3.84. The molecule has 140 valence electrons. The molecular formula is C22H25N3O2. The number of carbonyl (C=O) groups excluding carboxylic acids is 1. The number of rotatable bonds is 3. The summed E-state index contributed by atoms with van der Waals surface area (Å²) in [5.41, 5.74) is 6.45. The fraction of sp³-hybridized carbons (Fsp3) is 0.364. The molecule has 0 spiro atoms. The lowest BCUT2D eigenvalue weighted by atomic mass is 10.1. The molecule has 0 atom stereocenters. The SMILES string of the molecule is Cc1ccc(N2CCN(C(=O)Cc3noc4ccc(C)cc34)CC2)c(C)c1. The fourth-order valence-corrected chi connectivity index (χ4v) is 3.84. The lowest BCUT2D eigenvalue weighted by molar-refractivity contribution is -0.130. The van der Waals surface area contributed by atoms with E-state index in [-0.39, 0.29) is 5.91 Å². The molecule has 1 fully saturated rings. The first kappa shape index (κ1) is 17.6. The number of fused-ring (bicyclic) bond motifs is 1.